The number of nitrogens with one attached hydrogen (secondary N) is 1. The fraction of sp³-hybridized carbons (Fsp3) is 0.429. The molecule has 0 aliphatic carbocycles. The Morgan fingerprint density at radius 2 is 2.15 bits per heavy atom. The zero-order valence-corrected chi connectivity index (χ0v) is 12.0. The molecule has 0 aromatic heterocycles. The Morgan fingerprint density at radius 1 is 1.40 bits per heavy atom. The van der Waals surface area contributed by atoms with E-state index in [4.69, 9.17) is 11.6 Å². The largest absolute Gasteiger partial charge is 0.506 e. The van der Waals surface area contributed by atoms with E-state index in [9.17, 15) is 14.7 Å². The Balaban J connectivity index is 2.07. The third-order valence-electron chi connectivity index (χ3n) is 3.46. The lowest BCUT2D eigenvalue weighted by Crippen LogP contribution is -2.47. The standard InChI is InChI=1S/C14H17ClN2O3/c1-9-4-2-3-7-17(9)14(20)13(19)16-11-8-10(15)5-6-12(11)18/h5-6,8-9,18H,2-4,7H2,1H3,(H,16,19). The van der Waals surface area contributed by atoms with E-state index >= 15 is 0 Å². The number of hydrogen-bond acceptors (Lipinski definition) is 3. The number of anilines is 1. The van der Waals surface area contributed by atoms with Crippen LogP contribution in [0.1, 0.15) is 26.2 Å². The van der Waals surface area contributed by atoms with Gasteiger partial charge in [-0.1, -0.05) is 11.6 Å². The number of piperidine rings is 1. The van der Waals surface area contributed by atoms with Crippen LogP contribution in [0.3, 0.4) is 0 Å². The van der Waals surface area contributed by atoms with E-state index in [2.05, 4.69) is 5.32 Å². The van der Waals surface area contributed by atoms with Gasteiger partial charge in [-0.2, -0.15) is 0 Å². The number of phenols is 1. The van der Waals surface area contributed by atoms with Gasteiger partial charge < -0.3 is 15.3 Å². The number of rotatable bonds is 1. The first-order valence-electron chi connectivity index (χ1n) is 6.59. The average Bonchev–Trinajstić information content (AvgIpc) is 2.42. The molecule has 5 nitrogen and oxygen atoms in total. The Kier molecular flexibility index (Phi) is 4.49. The molecule has 6 heteroatoms. The van der Waals surface area contributed by atoms with E-state index in [0.29, 0.717) is 11.6 Å². The normalized spacial score (nSPS) is 18.7. The highest BCUT2D eigenvalue weighted by molar-refractivity contribution is 6.40. The molecule has 0 radical (unpaired) electrons. The minimum absolute atomic E-state index is 0.0648. The van der Waals surface area contributed by atoms with Crippen LogP contribution in [0.2, 0.25) is 5.02 Å². The van der Waals surface area contributed by atoms with Gasteiger partial charge in [-0.15, -0.1) is 0 Å². The van der Waals surface area contributed by atoms with Crippen LogP contribution < -0.4 is 5.32 Å². The van der Waals surface area contributed by atoms with Crippen molar-refractivity contribution in [3.8, 4) is 5.75 Å². The summed E-state index contributed by atoms with van der Waals surface area (Å²) in [5, 5.41) is 12.4. The van der Waals surface area contributed by atoms with Crippen LogP contribution in [-0.2, 0) is 9.59 Å². The van der Waals surface area contributed by atoms with Gasteiger partial charge in [0.2, 0.25) is 0 Å². The van der Waals surface area contributed by atoms with Crippen molar-refractivity contribution < 1.29 is 14.7 Å². The quantitative estimate of drug-likeness (QED) is 0.617. The monoisotopic (exact) mass is 296 g/mol. The Bertz CT molecular complexity index is 533. The average molecular weight is 297 g/mol. The second-order valence-corrected chi connectivity index (χ2v) is 5.40. The minimum atomic E-state index is -0.753. The summed E-state index contributed by atoms with van der Waals surface area (Å²) in [6.07, 6.45) is 2.88. The van der Waals surface area contributed by atoms with Gasteiger partial charge in [0.15, 0.2) is 0 Å². The van der Waals surface area contributed by atoms with E-state index in [-0.39, 0.29) is 17.5 Å². The van der Waals surface area contributed by atoms with Crippen LogP contribution in [0.4, 0.5) is 5.69 Å². The number of likely N-dealkylation sites (tertiary alicyclic amines) is 1. The van der Waals surface area contributed by atoms with Gasteiger partial charge in [0, 0.05) is 17.6 Å². The maximum Gasteiger partial charge on any atom is 0.314 e. The number of hydrogen-bond donors (Lipinski definition) is 2. The van der Waals surface area contributed by atoms with Crippen molar-refractivity contribution in [1.82, 2.24) is 4.90 Å². The fourth-order valence-electron chi connectivity index (χ4n) is 2.31. The molecule has 1 heterocycles. The summed E-state index contributed by atoms with van der Waals surface area (Å²) in [6.45, 7) is 2.52. The molecule has 2 rings (SSSR count). The van der Waals surface area contributed by atoms with Gasteiger partial charge in [0.25, 0.3) is 0 Å². The van der Waals surface area contributed by atoms with Gasteiger partial charge in [-0.25, -0.2) is 0 Å². The summed E-state index contributed by atoms with van der Waals surface area (Å²) < 4.78 is 0. The highest BCUT2D eigenvalue weighted by Crippen LogP contribution is 2.26. The molecule has 0 bridgehead atoms. The number of carbonyl (C=O) groups excluding carboxylic acids is 2. The van der Waals surface area contributed by atoms with Crippen LogP contribution in [0.15, 0.2) is 18.2 Å². The Hall–Kier alpha value is -1.75. The molecule has 1 fully saturated rings. The van der Waals surface area contributed by atoms with Crippen molar-refractivity contribution in [2.24, 2.45) is 0 Å². The summed E-state index contributed by atoms with van der Waals surface area (Å²) >= 11 is 5.79. The van der Waals surface area contributed by atoms with Crippen molar-refractivity contribution in [1.29, 1.82) is 0 Å². The summed E-state index contributed by atoms with van der Waals surface area (Å²) in [5.74, 6) is -1.45. The van der Waals surface area contributed by atoms with Crippen molar-refractivity contribution in [2.45, 2.75) is 32.2 Å². The van der Waals surface area contributed by atoms with Crippen LogP contribution in [0, 0.1) is 0 Å². The number of amides is 2. The molecule has 1 atom stereocenters. The smallest absolute Gasteiger partial charge is 0.314 e. The molecule has 1 aromatic rings. The van der Waals surface area contributed by atoms with E-state index in [1.165, 1.54) is 18.2 Å². The zero-order valence-electron chi connectivity index (χ0n) is 11.2. The number of benzene rings is 1. The molecule has 1 saturated heterocycles. The van der Waals surface area contributed by atoms with Crippen molar-refractivity contribution in [2.75, 3.05) is 11.9 Å². The molecule has 1 aliphatic rings. The predicted molar refractivity (Wildman–Crippen MR) is 76.8 cm³/mol. The first-order valence-corrected chi connectivity index (χ1v) is 6.97. The molecule has 0 spiro atoms. The fourth-order valence-corrected chi connectivity index (χ4v) is 2.49. The molecule has 2 amide bonds. The number of aromatic hydroxyl groups is 1. The zero-order chi connectivity index (χ0) is 14.7. The molecule has 1 aromatic carbocycles. The van der Waals surface area contributed by atoms with Gasteiger partial charge in [0.1, 0.15) is 5.75 Å². The highest BCUT2D eigenvalue weighted by atomic mass is 35.5. The molecule has 1 aliphatic heterocycles. The summed E-state index contributed by atoms with van der Waals surface area (Å²) in [7, 11) is 0. The number of nitrogens with zero attached hydrogens (tertiary/aromatic N) is 1. The third-order valence-corrected chi connectivity index (χ3v) is 3.70. The molecular weight excluding hydrogens is 280 g/mol. The van der Waals surface area contributed by atoms with E-state index in [0.717, 1.165) is 19.3 Å². The van der Waals surface area contributed by atoms with E-state index in [1.54, 1.807) is 4.90 Å². The van der Waals surface area contributed by atoms with Gasteiger partial charge in [0.05, 0.1) is 5.69 Å². The van der Waals surface area contributed by atoms with Crippen molar-refractivity contribution in [3.05, 3.63) is 23.2 Å². The lowest BCUT2D eigenvalue weighted by Gasteiger charge is -2.32. The van der Waals surface area contributed by atoms with Crippen molar-refractivity contribution in [3.63, 3.8) is 0 Å². The van der Waals surface area contributed by atoms with Crippen LogP contribution in [0.5, 0.6) is 5.75 Å². The summed E-state index contributed by atoms with van der Waals surface area (Å²) in [5.41, 5.74) is 0.139. The first-order chi connectivity index (χ1) is 9.49. The first kappa shape index (κ1) is 14.7. The molecular formula is C14H17ClN2O3. The minimum Gasteiger partial charge on any atom is -0.506 e. The third kappa shape index (κ3) is 3.22. The number of phenolic OH excluding ortho intramolecular Hbond substituents is 1. The van der Waals surface area contributed by atoms with E-state index in [1.807, 2.05) is 6.92 Å². The Labute approximate surface area is 122 Å². The van der Waals surface area contributed by atoms with Crippen LogP contribution in [-0.4, -0.2) is 34.4 Å². The molecule has 108 valence electrons. The van der Waals surface area contributed by atoms with Crippen molar-refractivity contribution >= 4 is 29.1 Å². The summed E-state index contributed by atoms with van der Waals surface area (Å²) in [4.78, 5) is 25.6. The van der Waals surface area contributed by atoms with Gasteiger partial charge in [-0.05, 0) is 44.4 Å². The lowest BCUT2D eigenvalue weighted by molar-refractivity contribution is -0.145. The predicted octanol–water partition coefficient (Wildman–Crippen LogP) is 2.39. The Morgan fingerprint density at radius 3 is 2.85 bits per heavy atom. The van der Waals surface area contributed by atoms with Crippen LogP contribution in [0.25, 0.3) is 0 Å². The SMILES string of the molecule is CC1CCCCN1C(=O)C(=O)Nc1cc(Cl)ccc1O. The number of halogens is 1. The van der Waals surface area contributed by atoms with Crippen LogP contribution >= 0.6 is 11.6 Å². The lowest BCUT2D eigenvalue weighted by atomic mass is 10.0. The molecule has 20 heavy (non-hydrogen) atoms. The molecule has 0 saturated carbocycles. The van der Waals surface area contributed by atoms with Gasteiger partial charge in [-0.3, -0.25) is 9.59 Å². The van der Waals surface area contributed by atoms with Gasteiger partial charge >= 0.3 is 11.8 Å². The van der Waals surface area contributed by atoms with E-state index < -0.39 is 11.8 Å². The molecule has 2 N–H and O–H groups in total. The number of carbonyl (C=O) groups is 2. The molecule has 1 unspecified atom stereocenters. The second kappa shape index (κ2) is 6.13. The topological polar surface area (TPSA) is 69.6 Å². The maximum absolute atomic E-state index is 12.1. The second-order valence-electron chi connectivity index (χ2n) is 4.96. The maximum atomic E-state index is 12.1. The highest BCUT2D eigenvalue weighted by Gasteiger charge is 2.28. The summed E-state index contributed by atoms with van der Waals surface area (Å²) in [6, 6.07) is 4.34.